The number of thioether (sulfide) groups is 1. The van der Waals surface area contributed by atoms with Gasteiger partial charge in [-0.2, -0.15) is 11.8 Å². The third-order valence-electron chi connectivity index (χ3n) is 4.59. The van der Waals surface area contributed by atoms with E-state index in [2.05, 4.69) is 6.92 Å². The minimum Gasteiger partial charge on any atom is -0.299 e. The zero-order valence-electron chi connectivity index (χ0n) is 14.2. The van der Waals surface area contributed by atoms with Crippen LogP contribution in [0.1, 0.15) is 103 Å². The largest absolute Gasteiger partial charge is 0.299 e. The van der Waals surface area contributed by atoms with E-state index in [9.17, 15) is 4.79 Å². The molecule has 0 spiro atoms. The molecule has 0 unspecified atom stereocenters. The topological polar surface area (TPSA) is 17.1 Å². The van der Waals surface area contributed by atoms with Crippen molar-refractivity contribution in [2.45, 2.75) is 108 Å². The second-order valence-corrected chi connectivity index (χ2v) is 7.98. The summed E-state index contributed by atoms with van der Waals surface area (Å²) in [6.45, 7) is 2.27. The Hall–Kier alpha value is 0.0200. The first kappa shape index (κ1) is 19.1. The maximum absolute atomic E-state index is 11.8. The van der Waals surface area contributed by atoms with Gasteiger partial charge in [0.05, 0.1) is 5.75 Å². The van der Waals surface area contributed by atoms with E-state index in [0.717, 1.165) is 23.8 Å². The van der Waals surface area contributed by atoms with Gasteiger partial charge < -0.3 is 0 Å². The molecule has 0 N–H and O–H groups in total. The molecule has 2 heteroatoms. The molecule has 0 aromatic rings. The van der Waals surface area contributed by atoms with E-state index in [4.69, 9.17) is 0 Å². The van der Waals surface area contributed by atoms with E-state index in [1.54, 1.807) is 0 Å². The second-order valence-electron chi connectivity index (χ2n) is 6.69. The van der Waals surface area contributed by atoms with Crippen molar-refractivity contribution >= 4 is 17.5 Å². The van der Waals surface area contributed by atoms with Crippen LogP contribution < -0.4 is 0 Å². The lowest BCUT2D eigenvalue weighted by atomic mass is 10.1. The Bertz CT molecular complexity index is 246. The number of unbranched alkanes of at least 4 members (excludes halogenated alkanes) is 9. The Balaban J connectivity index is 1.77. The van der Waals surface area contributed by atoms with Gasteiger partial charge in [-0.25, -0.2) is 0 Å². The first-order valence-electron chi connectivity index (χ1n) is 9.46. The predicted octanol–water partition coefficient (Wildman–Crippen LogP) is 6.54. The lowest BCUT2D eigenvalue weighted by Gasteiger charge is -2.07. The number of ketones is 1. The van der Waals surface area contributed by atoms with Crippen molar-refractivity contribution in [2.24, 2.45) is 0 Å². The standard InChI is InChI=1S/C19H36OS/c1-2-3-4-5-6-7-8-9-10-11-14-18(20)17-21-19-15-12-13-16-19/h19H,2-17H2,1H3. The van der Waals surface area contributed by atoms with Gasteiger partial charge in [-0.05, 0) is 19.3 Å². The van der Waals surface area contributed by atoms with Crippen LogP contribution in [0.25, 0.3) is 0 Å². The summed E-state index contributed by atoms with van der Waals surface area (Å²) in [7, 11) is 0. The van der Waals surface area contributed by atoms with Crippen LogP contribution in [0.2, 0.25) is 0 Å². The van der Waals surface area contributed by atoms with Crippen molar-refractivity contribution in [2.75, 3.05) is 5.75 Å². The molecule has 1 fully saturated rings. The lowest BCUT2D eigenvalue weighted by Crippen LogP contribution is -2.05. The second kappa shape index (κ2) is 13.7. The Kier molecular flexibility index (Phi) is 12.4. The molecule has 1 nitrogen and oxygen atoms in total. The maximum Gasteiger partial charge on any atom is 0.142 e. The molecule has 0 radical (unpaired) electrons. The summed E-state index contributed by atoms with van der Waals surface area (Å²) in [5.74, 6) is 1.27. The molecule has 0 aliphatic heterocycles. The number of carbonyl (C=O) groups is 1. The van der Waals surface area contributed by atoms with E-state index in [1.165, 1.54) is 83.5 Å². The van der Waals surface area contributed by atoms with Crippen LogP contribution in [0.4, 0.5) is 0 Å². The third-order valence-corrected chi connectivity index (χ3v) is 6.02. The van der Waals surface area contributed by atoms with E-state index >= 15 is 0 Å². The predicted molar refractivity (Wildman–Crippen MR) is 96.2 cm³/mol. The monoisotopic (exact) mass is 312 g/mol. The van der Waals surface area contributed by atoms with Gasteiger partial charge in [-0.15, -0.1) is 0 Å². The molecule has 1 aliphatic carbocycles. The Morgan fingerprint density at radius 3 is 1.95 bits per heavy atom. The van der Waals surface area contributed by atoms with Crippen LogP contribution in [-0.4, -0.2) is 16.8 Å². The molecule has 0 amide bonds. The van der Waals surface area contributed by atoms with Crippen molar-refractivity contribution in [3.63, 3.8) is 0 Å². The van der Waals surface area contributed by atoms with Crippen LogP contribution in [0.5, 0.6) is 0 Å². The highest BCUT2D eigenvalue weighted by Gasteiger charge is 2.16. The van der Waals surface area contributed by atoms with Crippen LogP contribution in [0, 0.1) is 0 Å². The fraction of sp³-hybridized carbons (Fsp3) is 0.947. The van der Waals surface area contributed by atoms with E-state index in [0.29, 0.717) is 5.78 Å². The molecule has 1 rings (SSSR count). The summed E-state index contributed by atoms with van der Waals surface area (Å²) in [5.41, 5.74) is 0. The molecular weight excluding hydrogens is 276 g/mol. The van der Waals surface area contributed by atoms with Crippen molar-refractivity contribution in [3.8, 4) is 0 Å². The summed E-state index contributed by atoms with van der Waals surface area (Å²) >= 11 is 1.92. The molecule has 0 aromatic heterocycles. The van der Waals surface area contributed by atoms with Crippen molar-refractivity contribution in [3.05, 3.63) is 0 Å². The molecular formula is C19H36OS. The van der Waals surface area contributed by atoms with Crippen LogP contribution >= 0.6 is 11.8 Å². The molecule has 1 saturated carbocycles. The molecule has 0 saturated heterocycles. The van der Waals surface area contributed by atoms with Gasteiger partial charge >= 0.3 is 0 Å². The number of rotatable bonds is 14. The summed E-state index contributed by atoms with van der Waals surface area (Å²) in [5, 5.41) is 0.793. The quantitative estimate of drug-likeness (QED) is 0.339. The van der Waals surface area contributed by atoms with Crippen molar-refractivity contribution in [1.29, 1.82) is 0 Å². The smallest absolute Gasteiger partial charge is 0.142 e. The minimum atomic E-state index is 0.492. The SMILES string of the molecule is CCCCCCCCCCCCC(=O)CSC1CCCC1. The Labute approximate surface area is 137 Å². The Morgan fingerprint density at radius 2 is 1.38 bits per heavy atom. The first-order valence-corrected chi connectivity index (χ1v) is 10.5. The van der Waals surface area contributed by atoms with Gasteiger partial charge in [-0.3, -0.25) is 4.79 Å². The number of carbonyl (C=O) groups excluding carboxylic acids is 1. The molecule has 124 valence electrons. The highest BCUT2D eigenvalue weighted by atomic mass is 32.2. The van der Waals surface area contributed by atoms with E-state index < -0.39 is 0 Å². The van der Waals surface area contributed by atoms with Crippen molar-refractivity contribution < 1.29 is 4.79 Å². The van der Waals surface area contributed by atoms with E-state index in [-0.39, 0.29) is 0 Å². The minimum absolute atomic E-state index is 0.492. The fourth-order valence-corrected chi connectivity index (χ4v) is 4.38. The number of hydrogen-bond acceptors (Lipinski definition) is 2. The summed E-state index contributed by atoms with van der Waals surface area (Å²) < 4.78 is 0. The molecule has 0 bridgehead atoms. The highest BCUT2D eigenvalue weighted by Crippen LogP contribution is 2.29. The lowest BCUT2D eigenvalue weighted by molar-refractivity contribution is -0.116. The van der Waals surface area contributed by atoms with Gasteiger partial charge in [0.1, 0.15) is 5.78 Å². The van der Waals surface area contributed by atoms with Gasteiger partial charge in [-0.1, -0.05) is 77.6 Å². The van der Waals surface area contributed by atoms with Gasteiger partial charge in [0.2, 0.25) is 0 Å². The summed E-state index contributed by atoms with van der Waals surface area (Å²) in [6.07, 6.45) is 19.8. The van der Waals surface area contributed by atoms with Gasteiger partial charge in [0.25, 0.3) is 0 Å². The first-order chi connectivity index (χ1) is 10.3. The van der Waals surface area contributed by atoms with Crippen LogP contribution in [0.3, 0.4) is 0 Å². The van der Waals surface area contributed by atoms with Crippen molar-refractivity contribution in [1.82, 2.24) is 0 Å². The van der Waals surface area contributed by atoms with Gasteiger partial charge in [0.15, 0.2) is 0 Å². The van der Waals surface area contributed by atoms with Crippen LogP contribution in [0.15, 0.2) is 0 Å². The molecule has 0 atom stereocenters. The van der Waals surface area contributed by atoms with Crippen LogP contribution in [-0.2, 0) is 4.79 Å². The molecule has 1 aliphatic rings. The highest BCUT2D eigenvalue weighted by molar-refractivity contribution is 8.00. The van der Waals surface area contributed by atoms with E-state index in [1.807, 2.05) is 11.8 Å². The summed E-state index contributed by atoms with van der Waals surface area (Å²) in [6, 6.07) is 0. The average Bonchev–Trinajstić information content (AvgIpc) is 3.00. The normalized spacial score (nSPS) is 15.7. The average molecular weight is 313 g/mol. The third kappa shape index (κ3) is 11.3. The molecule has 21 heavy (non-hydrogen) atoms. The zero-order chi connectivity index (χ0) is 15.2. The summed E-state index contributed by atoms with van der Waals surface area (Å²) in [4.78, 5) is 11.8. The molecule has 0 aromatic carbocycles. The van der Waals surface area contributed by atoms with Gasteiger partial charge in [0, 0.05) is 11.7 Å². The zero-order valence-corrected chi connectivity index (χ0v) is 15.0. The Morgan fingerprint density at radius 1 is 0.857 bits per heavy atom. The fourth-order valence-electron chi connectivity index (χ4n) is 3.15. The number of hydrogen-bond donors (Lipinski definition) is 0. The maximum atomic E-state index is 11.8. The number of Topliss-reactive ketones (excluding diaryl/α,β-unsaturated/α-hetero) is 1. The molecule has 0 heterocycles.